The van der Waals surface area contributed by atoms with Gasteiger partial charge in [-0.2, -0.15) is 0 Å². The molecule has 4 rings (SSSR count). The fraction of sp³-hybridized carbons (Fsp3) is 0.217. The van der Waals surface area contributed by atoms with Gasteiger partial charge in [0.2, 0.25) is 5.78 Å². The lowest BCUT2D eigenvalue weighted by Gasteiger charge is -2.19. The highest BCUT2D eigenvalue weighted by atomic mass is 16.1. The molecule has 0 amide bonds. The average Bonchev–Trinajstić information content (AvgIpc) is 3.48. The summed E-state index contributed by atoms with van der Waals surface area (Å²) in [4.78, 5) is 13.1. The van der Waals surface area contributed by atoms with Crippen LogP contribution in [0, 0.1) is 5.41 Å². The van der Waals surface area contributed by atoms with E-state index in [1.54, 1.807) is 0 Å². The second kappa shape index (κ2) is 5.96. The molecule has 3 aromatic carbocycles. The number of nitrogens with one attached hydrogen (secondary N) is 1. The predicted octanol–water partition coefficient (Wildman–Crippen LogP) is 5.34. The van der Waals surface area contributed by atoms with Crippen LogP contribution in [0.15, 0.2) is 66.7 Å². The maximum atomic E-state index is 13.1. The van der Waals surface area contributed by atoms with E-state index in [0.29, 0.717) is 5.56 Å². The summed E-state index contributed by atoms with van der Waals surface area (Å²) >= 11 is 0. The molecule has 0 aliphatic heterocycles. The lowest BCUT2D eigenvalue weighted by molar-refractivity contribution is 0.106. The molecule has 2 nitrogen and oxygen atoms in total. The molecule has 25 heavy (non-hydrogen) atoms. The molecule has 124 valence electrons. The summed E-state index contributed by atoms with van der Waals surface area (Å²) in [7, 11) is 0. The number of Topliss-reactive ketones (excluding diaryl/α,β-unsaturated/α-hetero) is 1. The first-order chi connectivity index (χ1) is 12.2. The van der Waals surface area contributed by atoms with Gasteiger partial charge < -0.3 is 5.41 Å². The molecule has 1 N–H and O–H groups in total. The lowest BCUT2D eigenvalue weighted by atomic mass is 9.83. The van der Waals surface area contributed by atoms with Gasteiger partial charge in [-0.1, -0.05) is 73.7 Å². The van der Waals surface area contributed by atoms with Gasteiger partial charge in [-0.15, -0.1) is 0 Å². The maximum Gasteiger partial charge on any atom is 0.207 e. The number of carbonyl (C=O) groups excluding carboxylic acids is 1. The van der Waals surface area contributed by atoms with Crippen molar-refractivity contribution in [1.29, 1.82) is 5.41 Å². The van der Waals surface area contributed by atoms with Gasteiger partial charge in [-0.25, -0.2) is 0 Å². The Morgan fingerprint density at radius 1 is 0.960 bits per heavy atom. The first-order valence-electron chi connectivity index (χ1n) is 8.87. The van der Waals surface area contributed by atoms with Crippen LogP contribution in [0.1, 0.15) is 41.3 Å². The number of rotatable bonds is 5. The van der Waals surface area contributed by atoms with Gasteiger partial charge in [-0.05, 0) is 41.2 Å². The molecule has 0 saturated heterocycles. The largest absolute Gasteiger partial charge is 0.300 e. The number of hydrogen-bond donors (Lipinski definition) is 1. The monoisotopic (exact) mass is 327 g/mol. The van der Waals surface area contributed by atoms with Crippen LogP contribution in [0.4, 0.5) is 0 Å². The smallest absolute Gasteiger partial charge is 0.207 e. The van der Waals surface area contributed by atoms with Crippen molar-refractivity contribution in [3.8, 4) is 0 Å². The number of ketones is 1. The molecular formula is C23H21NO. The van der Waals surface area contributed by atoms with E-state index >= 15 is 0 Å². The average molecular weight is 327 g/mol. The molecule has 1 aliphatic rings. The van der Waals surface area contributed by atoms with Crippen LogP contribution >= 0.6 is 0 Å². The van der Waals surface area contributed by atoms with Crippen molar-refractivity contribution in [3.63, 3.8) is 0 Å². The fourth-order valence-electron chi connectivity index (χ4n) is 3.82. The third kappa shape index (κ3) is 2.49. The lowest BCUT2D eigenvalue weighted by Crippen LogP contribution is -2.29. The maximum absolute atomic E-state index is 13.1. The third-order valence-electron chi connectivity index (χ3n) is 5.40. The highest BCUT2D eigenvalue weighted by Gasteiger charge is 2.51. The normalized spacial score (nSPS) is 15.1. The molecule has 3 aromatic rings. The zero-order chi connectivity index (χ0) is 17.4. The van der Waals surface area contributed by atoms with Crippen molar-refractivity contribution >= 4 is 22.3 Å². The number of benzene rings is 3. The standard InChI is InChI=1S/C23H21NO/c1-2-16-8-3-6-12-19(16)21(25)22(24)23(14-15-23)20-13-7-10-17-9-4-5-11-18(17)20/h3-13,24H,2,14-15H2,1H3. The molecule has 2 heteroatoms. The summed E-state index contributed by atoms with van der Waals surface area (Å²) in [6.07, 6.45) is 2.55. The van der Waals surface area contributed by atoms with E-state index in [2.05, 4.69) is 24.3 Å². The van der Waals surface area contributed by atoms with Gasteiger partial charge in [0, 0.05) is 11.0 Å². The minimum Gasteiger partial charge on any atom is -0.300 e. The van der Waals surface area contributed by atoms with Crippen LogP contribution in [-0.4, -0.2) is 11.5 Å². The molecule has 1 aliphatic carbocycles. The van der Waals surface area contributed by atoms with Crippen LogP contribution in [-0.2, 0) is 11.8 Å². The Morgan fingerprint density at radius 3 is 2.40 bits per heavy atom. The highest BCUT2D eigenvalue weighted by molar-refractivity contribution is 6.49. The van der Waals surface area contributed by atoms with Crippen molar-refractivity contribution in [2.45, 2.75) is 31.6 Å². The van der Waals surface area contributed by atoms with Crippen molar-refractivity contribution in [2.24, 2.45) is 0 Å². The number of hydrogen-bond acceptors (Lipinski definition) is 2. The number of carbonyl (C=O) groups is 1. The summed E-state index contributed by atoms with van der Waals surface area (Å²) in [5, 5.41) is 11.1. The van der Waals surface area contributed by atoms with Crippen molar-refractivity contribution in [1.82, 2.24) is 0 Å². The topological polar surface area (TPSA) is 40.9 Å². The van der Waals surface area contributed by atoms with Crippen molar-refractivity contribution in [3.05, 3.63) is 83.4 Å². The van der Waals surface area contributed by atoms with E-state index in [1.165, 1.54) is 5.39 Å². The Kier molecular flexibility index (Phi) is 3.76. The van der Waals surface area contributed by atoms with E-state index in [1.807, 2.05) is 49.4 Å². The first kappa shape index (κ1) is 15.8. The summed E-state index contributed by atoms with van der Waals surface area (Å²) in [5.74, 6) is -0.122. The van der Waals surface area contributed by atoms with E-state index in [4.69, 9.17) is 5.41 Å². The van der Waals surface area contributed by atoms with E-state index < -0.39 is 5.41 Å². The van der Waals surface area contributed by atoms with Crippen LogP contribution in [0.5, 0.6) is 0 Å². The van der Waals surface area contributed by atoms with Gasteiger partial charge in [0.1, 0.15) is 0 Å². The quantitative estimate of drug-likeness (QED) is 0.499. The van der Waals surface area contributed by atoms with E-state index in [-0.39, 0.29) is 11.5 Å². The fourth-order valence-corrected chi connectivity index (χ4v) is 3.82. The van der Waals surface area contributed by atoms with Crippen LogP contribution in [0.25, 0.3) is 10.8 Å². The van der Waals surface area contributed by atoms with E-state index in [9.17, 15) is 4.79 Å². The van der Waals surface area contributed by atoms with Crippen molar-refractivity contribution < 1.29 is 4.79 Å². The minimum atomic E-state index is -0.418. The van der Waals surface area contributed by atoms with Crippen LogP contribution < -0.4 is 0 Å². The van der Waals surface area contributed by atoms with Gasteiger partial charge >= 0.3 is 0 Å². The highest BCUT2D eigenvalue weighted by Crippen LogP contribution is 2.51. The molecule has 0 heterocycles. The zero-order valence-corrected chi connectivity index (χ0v) is 14.4. The Morgan fingerprint density at radius 2 is 1.64 bits per heavy atom. The van der Waals surface area contributed by atoms with Gasteiger partial charge in [0.25, 0.3) is 0 Å². The molecule has 0 radical (unpaired) electrons. The van der Waals surface area contributed by atoms with Gasteiger partial charge in [0.15, 0.2) is 0 Å². The number of aryl methyl sites for hydroxylation is 1. The minimum absolute atomic E-state index is 0.122. The van der Waals surface area contributed by atoms with Gasteiger partial charge in [0.05, 0.1) is 5.71 Å². The Balaban J connectivity index is 1.78. The summed E-state index contributed by atoms with van der Waals surface area (Å²) in [6, 6.07) is 22.1. The summed E-state index contributed by atoms with van der Waals surface area (Å²) in [5.41, 5.74) is 2.65. The SMILES string of the molecule is CCc1ccccc1C(=O)C(=N)C1(c2cccc3ccccc23)CC1. The Bertz CT molecular complexity index is 977. The summed E-state index contributed by atoms with van der Waals surface area (Å²) < 4.78 is 0. The summed E-state index contributed by atoms with van der Waals surface area (Å²) in [6.45, 7) is 2.05. The Labute approximate surface area is 148 Å². The molecule has 1 fully saturated rings. The molecule has 0 aromatic heterocycles. The molecular weight excluding hydrogens is 306 g/mol. The molecule has 0 bridgehead atoms. The van der Waals surface area contributed by atoms with Crippen LogP contribution in [0.3, 0.4) is 0 Å². The van der Waals surface area contributed by atoms with E-state index in [0.717, 1.165) is 35.8 Å². The number of fused-ring (bicyclic) bond motifs is 1. The molecule has 0 spiro atoms. The van der Waals surface area contributed by atoms with Gasteiger partial charge in [-0.3, -0.25) is 4.79 Å². The molecule has 0 atom stereocenters. The molecule has 0 unspecified atom stereocenters. The second-order valence-electron chi connectivity index (χ2n) is 6.82. The molecule has 1 saturated carbocycles. The zero-order valence-electron chi connectivity index (χ0n) is 14.4. The van der Waals surface area contributed by atoms with Crippen LogP contribution in [0.2, 0.25) is 0 Å². The first-order valence-corrected chi connectivity index (χ1v) is 8.87. The third-order valence-corrected chi connectivity index (χ3v) is 5.40. The second-order valence-corrected chi connectivity index (χ2v) is 6.82. The van der Waals surface area contributed by atoms with Crippen molar-refractivity contribution in [2.75, 3.05) is 0 Å². The Hall–Kier alpha value is -2.74. The predicted molar refractivity (Wildman–Crippen MR) is 103 cm³/mol.